The summed E-state index contributed by atoms with van der Waals surface area (Å²) in [5.41, 5.74) is 0. The number of hydrogen-bond acceptors (Lipinski definition) is 6. The van der Waals surface area contributed by atoms with Gasteiger partial charge in [0, 0.05) is 7.05 Å². The number of aldehydes is 1. The van der Waals surface area contributed by atoms with Gasteiger partial charge in [-0.2, -0.15) is 0 Å². The van der Waals surface area contributed by atoms with Crippen molar-refractivity contribution in [2.75, 3.05) is 7.05 Å². The molecule has 4 atom stereocenters. The minimum atomic E-state index is -1.92. The Labute approximate surface area is 80.0 Å². The van der Waals surface area contributed by atoms with Crippen LogP contribution >= 0.6 is 0 Å². The van der Waals surface area contributed by atoms with Gasteiger partial charge in [0.05, 0.1) is 0 Å². The standard InChI is InChI=1S/C7H13NO6/c1-8-7(14)6(13)5(12)4(11)3(10)2-9/h2-6,10-13H,1H3,(H,8,14)/t3-,4-,5+,6-/m1/s1. The minimum absolute atomic E-state index is 0.00947. The van der Waals surface area contributed by atoms with Gasteiger partial charge in [0.15, 0.2) is 12.4 Å². The highest BCUT2D eigenvalue weighted by Gasteiger charge is 2.33. The molecule has 0 aromatic heterocycles. The average molecular weight is 207 g/mol. The second-order valence-electron chi connectivity index (χ2n) is 2.67. The number of aliphatic hydroxyl groups is 4. The molecular weight excluding hydrogens is 194 g/mol. The van der Waals surface area contributed by atoms with Gasteiger partial charge in [-0.1, -0.05) is 0 Å². The van der Waals surface area contributed by atoms with Crippen molar-refractivity contribution in [2.45, 2.75) is 24.4 Å². The first-order chi connectivity index (χ1) is 6.45. The largest absolute Gasteiger partial charge is 0.387 e. The van der Waals surface area contributed by atoms with Gasteiger partial charge in [-0.3, -0.25) is 4.79 Å². The summed E-state index contributed by atoms with van der Waals surface area (Å²) in [5, 5.41) is 38.0. The van der Waals surface area contributed by atoms with Crippen LogP contribution in [0.3, 0.4) is 0 Å². The fraction of sp³-hybridized carbons (Fsp3) is 0.714. The van der Waals surface area contributed by atoms with Gasteiger partial charge in [0.25, 0.3) is 5.91 Å². The van der Waals surface area contributed by atoms with E-state index in [9.17, 15) is 9.59 Å². The quantitative estimate of drug-likeness (QED) is 0.296. The summed E-state index contributed by atoms with van der Waals surface area (Å²) < 4.78 is 0. The molecule has 7 nitrogen and oxygen atoms in total. The highest BCUT2D eigenvalue weighted by Crippen LogP contribution is 2.03. The van der Waals surface area contributed by atoms with E-state index in [4.69, 9.17) is 20.4 Å². The Morgan fingerprint density at radius 3 is 2.07 bits per heavy atom. The van der Waals surface area contributed by atoms with Crippen LogP contribution in [0.4, 0.5) is 0 Å². The summed E-state index contributed by atoms with van der Waals surface area (Å²) in [6.45, 7) is 0. The van der Waals surface area contributed by atoms with Gasteiger partial charge in [-0.05, 0) is 0 Å². The second-order valence-corrected chi connectivity index (χ2v) is 2.67. The zero-order valence-electron chi connectivity index (χ0n) is 7.49. The van der Waals surface area contributed by atoms with Crippen molar-refractivity contribution >= 4 is 12.2 Å². The zero-order valence-corrected chi connectivity index (χ0v) is 7.49. The third kappa shape index (κ3) is 3.04. The van der Waals surface area contributed by atoms with E-state index < -0.39 is 30.3 Å². The molecule has 0 saturated carbocycles. The molecule has 7 heteroatoms. The molecule has 0 rings (SSSR count). The lowest BCUT2D eigenvalue weighted by molar-refractivity contribution is -0.149. The van der Waals surface area contributed by atoms with Crippen LogP contribution in [0.5, 0.6) is 0 Å². The van der Waals surface area contributed by atoms with Crippen LogP contribution in [0, 0.1) is 0 Å². The normalized spacial score (nSPS) is 19.2. The maximum atomic E-state index is 10.8. The van der Waals surface area contributed by atoms with E-state index in [2.05, 4.69) is 0 Å². The fourth-order valence-corrected chi connectivity index (χ4v) is 0.772. The SMILES string of the molecule is CNC(=O)[C@H](O)[C@@H](O)[C@H](O)[C@H](O)C=O. The van der Waals surface area contributed by atoms with E-state index in [0.29, 0.717) is 0 Å². The van der Waals surface area contributed by atoms with Gasteiger partial charge in [0.2, 0.25) is 0 Å². The Morgan fingerprint density at radius 1 is 1.21 bits per heavy atom. The molecule has 82 valence electrons. The zero-order chi connectivity index (χ0) is 11.3. The lowest BCUT2D eigenvalue weighted by Crippen LogP contribution is -2.50. The summed E-state index contributed by atoms with van der Waals surface area (Å²) in [6, 6.07) is 0. The van der Waals surface area contributed by atoms with Crippen molar-refractivity contribution in [1.29, 1.82) is 0 Å². The van der Waals surface area contributed by atoms with Crippen molar-refractivity contribution in [2.24, 2.45) is 0 Å². The molecule has 0 spiro atoms. The van der Waals surface area contributed by atoms with Crippen molar-refractivity contribution in [3.63, 3.8) is 0 Å². The molecule has 0 bridgehead atoms. The van der Waals surface area contributed by atoms with E-state index in [1.807, 2.05) is 5.32 Å². The van der Waals surface area contributed by atoms with Gasteiger partial charge in [-0.25, -0.2) is 0 Å². The van der Waals surface area contributed by atoms with Gasteiger partial charge < -0.3 is 30.5 Å². The molecule has 0 aromatic carbocycles. The first kappa shape index (κ1) is 13.0. The molecule has 0 fully saturated rings. The molecule has 0 saturated heterocycles. The molecule has 0 aromatic rings. The van der Waals surface area contributed by atoms with Crippen LogP contribution in [0.2, 0.25) is 0 Å². The number of carbonyl (C=O) groups is 2. The summed E-state index contributed by atoms with van der Waals surface area (Å²) in [5.74, 6) is -0.922. The predicted molar refractivity (Wildman–Crippen MR) is 44.2 cm³/mol. The Hall–Kier alpha value is -1.02. The fourth-order valence-electron chi connectivity index (χ4n) is 0.772. The van der Waals surface area contributed by atoms with Gasteiger partial charge in [0.1, 0.15) is 18.3 Å². The smallest absolute Gasteiger partial charge is 0.251 e. The Morgan fingerprint density at radius 2 is 1.71 bits per heavy atom. The molecular formula is C7H13NO6. The summed E-state index contributed by atoms with van der Waals surface area (Å²) in [7, 11) is 1.22. The molecule has 0 aliphatic rings. The van der Waals surface area contributed by atoms with Crippen LogP contribution in [-0.2, 0) is 9.59 Å². The van der Waals surface area contributed by atoms with Crippen molar-refractivity contribution in [3.05, 3.63) is 0 Å². The highest BCUT2D eigenvalue weighted by molar-refractivity contribution is 5.81. The molecule has 0 unspecified atom stereocenters. The highest BCUT2D eigenvalue weighted by atomic mass is 16.4. The maximum Gasteiger partial charge on any atom is 0.251 e. The predicted octanol–water partition coefficient (Wildman–Crippen LogP) is -3.63. The van der Waals surface area contributed by atoms with Crippen molar-refractivity contribution in [3.8, 4) is 0 Å². The molecule has 14 heavy (non-hydrogen) atoms. The van der Waals surface area contributed by atoms with Gasteiger partial charge in [-0.15, -0.1) is 0 Å². The first-order valence-corrected chi connectivity index (χ1v) is 3.84. The topological polar surface area (TPSA) is 127 Å². The third-order valence-electron chi connectivity index (χ3n) is 1.68. The van der Waals surface area contributed by atoms with Crippen LogP contribution < -0.4 is 5.32 Å². The lowest BCUT2D eigenvalue weighted by atomic mass is 10.0. The van der Waals surface area contributed by atoms with Crippen molar-refractivity contribution < 1.29 is 30.0 Å². The number of nitrogens with one attached hydrogen (secondary N) is 1. The second kappa shape index (κ2) is 5.66. The molecule has 5 N–H and O–H groups in total. The third-order valence-corrected chi connectivity index (χ3v) is 1.68. The summed E-state index contributed by atoms with van der Waals surface area (Å²) in [4.78, 5) is 20.8. The Balaban J connectivity index is 4.37. The van der Waals surface area contributed by atoms with Crippen LogP contribution in [-0.4, -0.2) is 64.1 Å². The number of amides is 1. The maximum absolute atomic E-state index is 10.8. The van der Waals surface area contributed by atoms with Crippen LogP contribution in [0.15, 0.2) is 0 Å². The Kier molecular flexibility index (Phi) is 5.24. The Bertz CT molecular complexity index is 208. The number of aliphatic hydroxyl groups excluding tert-OH is 4. The van der Waals surface area contributed by atoms with E-state index >= 15 is 0 Å². The van der Waals surface area contributed by atoms with E-state index in [1.54, 1.807) is 0 Å². The number of carbonyl (C=O) groups excluding carboxylic acids is 2. The number of hydrogen-bond donors (Lipinski definition) is 5. The van der Waals surface area contributed by atoms with E-state index in [-0.39, 0.29) is 6.29 Å². The monoisotopic (exact) mass is 207 g/mol. The molecule has 0 radical (unpaired) electrons. The molecule has 0 aliphatic carbocycles. The average Bonchev–Trinajstić information content (AvgIpc) is 2.23. The van der Waals surface area contributed by atoms with Crippen LogP contribution in [0.25, 0.3) is 0 Å². The van der Waals surface area contributed by atoms with Crippen LogP contribution in [0.1, 0.15) is 0 Å². The molecule has 0 aliphatic heterocycles. The number of rotatable bonds is 5. The number of likely N-dealkylation sites (N-methyl/N-ethyl adjacent to an activating group) is 1. The lowest BCUT2D eigenvalue weighted by Gasteiger charge is -2.22. The summed E-state index contributed by atoms with van der Waals surface area (Å²) in [6.07, 6.45) is -7.58. The van der Waals surface area contributed by atoms with Crippen molar-refractivity contribution in [1.82, 2.24) is 5.32 Å². The van der Waals surface area contributed by atoms with E-state index in [0.717, 1.165) is 0 Å². The van der Waals surface area contributed by atoms with E-state index in [1.165, 1.54) is 7.05 Å². The van der Waals surface area contributed by atoms with Gasteiger partial charge >= 0.3 is 0 Å². The first-order valence-electron chi connectivity index (χ1n) is 3.84. The minimum Gasteiger partial charge on any atom is -0.387 e. The molecule has 1 amide bonds. The summed E-state index contributed by atoms with van der Waals surface area (Å²) >= 11 is 0. The molecule has 0 heterocycles.